The molecule has 1 aromatic heterocycles. The summed E-state index contributed by atoms with van der Waals surface area (Å²) in [5.74, 6) is 1.71. The van der Waals surface area contributed by atoms with E-state index in [1.54, 1.807) is 7.11 Å². The average molecular weight is 307 g/mol. The molecule has 0 aliphatic carbocycles. The fourth-order valence-electron chi connectivity index (χ4n) is 2.61. The van der Waals surface area contributed by atoms with E-state index in [-0.39, 0.29) is 0 Å². The highest BCUT2D eigenvalue weighted by Crippen LogP contribution is 2.24. The first-order chi connectivity index (χ1) is 11.2. The van der Waals surface area contributed by atoms with Crippen molar-refractivity contribution < 1.29 is 4.74 Å². The average Bonchev–Trinajstić information content (AvgIpc) is 2.94. The lowest BCUT2D eigenvalue weighted by Gasteiger charge is -2.09. The van der Waals surface area contributed by atoms with Crippen molar-refractivity contribution >= 4 is 5.95 Å². The Labute approximate surface area is 136 Å². The van der Waals surface area contributed by atoms with Gasteiger partial charge in [0.25, 0.3) is 0 Å². The third kappa shape index (κ3) is 3.37. The van der Waals surface area contributed by atoms with Gasteiger partial charge in [0.05, 0.1) is 19.0 Å². The van der Waals surface area contributed by atoms with Gasteiger partial charge in [-0.05, 0) is 36.8 Å². The van der Waals surface area contributed by atoms with E-state index in [0.29, 0.717) is 0 Å². The Balaban J connectivity index is 1.76. The number of methoxy groups -OCH3 is 1. The minimum Gasteiger partial charge on any atom is -0.497 e. The summed E-state index contributed by atoms with van der Waals surface area (Å²) in [6, 6.07) is 16.5. The second-order valence-corrected chi connectivity index (χ2v) is 5.60. The van der Waals surface area contributed by atoms with Gasteiger partial charge in [-0.25, -0.2) is 4.98 Å². The topological polar surface area (TPSA) is 39.1 Å². The number of aromatic nitrogens is 2. The molecule has 2 aromatic carbocycles. The first kappa shape index (κ1) is 15.2. The number of benzene rings is 2. The van der Waals surface area contributed by atoms with Crippen LogP contribution in [0.1, 0.15) is 11.1 Å². The van der Waals surface area contributed by atoms with E-state index in [4.69, 9.17) is 4.74 Å². The molecule has 0 fully saturated rings. The van der Waals surface area contributed by atoms with Gasteiger partial charge in [0.15, 0.2) is 0 Å². The molecular formula is C19H21N3O. The third-order valence-corrected chi connectivity index (χ3v) is 3.91. The van der Waals surface area contributed by atoms with Crippen LogP contribution >= 0.6 is 0 Å². The maximum Gasteiger partial charge on any atom is 0.203 e. The SMILES string of the molecule is COc1ccc(-c2cnc(NCc3cccc(C)c3)n2C)cc1. The van der Waals surface area contributed by atoms with E-state index in [0.717, 1.165) is 29.5 Å². The number of nitrogens with one attached hydrogen (secondary N) is 1. The molecule has 0 saturated carbocycles. The minimum atomic E-state index is 0.759. The van der Waals surface area contributed by atoms with Crippen molar-refractivity contribution in [3.63, 3.8) is 0 Å². The van der Waals surface area contributed by atoms with Crippen LogP contribution in [0.5, 0.6) is 5.75 Å². The summed E-state index contributed by atoms with van der Waals surface area (Å²) in [7, 11) is 3.69. The summed E-state index contributed by atoms with van der Waals surface area (Å²) in [6.45, 7) is 2.86. The van der Waals surface area contributed by atoms with Crippen molar-refractivity contribution in [2.45, 2.75) is 13.5 Å². The Hall–Kier alpha value is -2.75. The molecular weight excluding hydrogens is 286 g/mol. The van der Waals surface area contributed by atoms with Gasteiger partial charge in [-0.3, -0.25) is 0 Å². The zero-order chi connectivity index (χ0) is 16.2. The van der Waals surface area contributed by atoms with Gasteiger partial charge in [-0.15, -0.1) is 0 Å². The third-order valence-electron chi connectivity index (χ3n) is 3.91. The molecule has 0 amide bonds. The fourth-order valence-corrected chi connectivity index (χ4v) is 2.61. The maximum atomic E-state index is 5.20. The van der Waals surface area contributed by atoms with Gasteiger partial charge in [0.1, 0.15) is 5.75 Å². The van der Waals surface area contributed by atoms with Gasteiger partial charge in [0, 0.05) is 19.2 Å². The van der Waals surface area contributed by atoms with E-state index in [1.807, 2.05) is 37.5 Å². The number of anilines is 1. The number of hydrogen-bond donors (Lipinski definition) is 1. The van der Waals surface area contributed by atoms with Crippen LogP contribution in [0.25, 0.3) is 11.3 Å². The van der Waals surface area contributed by atoms with Gasteiger partial charge >= 0.3 is 0 Å². The van der Waals surface area contributed by atoms with E-state index < -0.39 is 0 Å². The molecule has 4 heteroatoms. The van der Waals surface area contributed by atoms with Crippen LogP contribution in [0, 0.1) is 6.92 Å². The summed E-state index contributed by atoms with van der Waals surface area (Å²) < 4.78 is 7.27. The summed E-state index contributed by atoms with van der Waals surface area (Å²) in [6.07, 6.45) is 1.89. The van der Waals surface area contributed by atoms with Crippen molar-refractivity contribution in [3.8, 4) is 17.0 Å². The monoisotopic (exact) mass is 307 g/mol. The lowest BCUT2D eigenvalue weighted by molar-refractivity contribution is 0.415. The molecule has 0 spiro atoms. The molecule has 3 aromatic rings. The molecule has 4 nitrogen and oxygen atoms in total. The number of imidazole rings is 1. The van der Waals surface area contributed by atoms with Crippen molar-refractivity contribution in [2.24, 2.45) is 7.05 Å². The molecule has 0 unspecified atom stereocenters. The van der Waals surface area contributed by atoms with Crippen LogP contribution in [0.15, 0.2) is 54.7 Å². The van der Waals surface area contributed by atoms with Crippen molar-refractivity contribution in [1.29, 1.82) is 0 Å². The first-order valence-corrected chi connectivity index (χ1v) is 7.63. The second-order valence-electron chi connectivity index (χ2n) is 5.60. The van der Waals surface area contributed by atoms with Crippen LogP contribution in [0.4, 0.5) is 5.95 Å². The molecule has 1 N–H and O–H groups in total. The van der Waals surface area contributed by atoms with Gasteiger partial charge < -0.3 is 14.6 Å². The number of hydrogen-bond acceptors (Lipinski definition) is 3. The molecule has 0 saturated heterocycles. The molecule has 0 aliphatic heterocycles. The Kier molecular flexibility index (Phi) is 4.33. The molecule has 0 bridgehead atoms. The minimum absolute atomic E-state index is 0.759. The second kappa shape index (κ2) is 6.57. The molecule has 0 radical (unpaired) electrons. The quantitative estimate of drug-likeness (QED) is 0.774. The highest BCUT2D eigenvalue weighted by molar-refractivity contribution is 5.62. The van der Waals surface area contributed by atoms with Gasteiger partial charge in [-0.1, -0.05) is 29.8 Å². The van der Waals surface area contributed by atoms with E-state index in [2.05, 4.69) is 46.1 Å². The van der Waals surface area contributed by atoms with Crippen molar-refractivity contribution in [1.82, 2.24) is 9.55 Å². The molecule has 1 heterocycles. The normalized spacial score (nSPS) is 10.6. The fraction of sp³-hybridized carbons (Fsp3) is 0.211. The lowest BCUT2D eigenvalue weighted by Crippen LogP contribution is -2.05. The Morgan fingerprint density at radius 3 is 2.61 bits per heavy atom. The number of rotatable bonds is 5. The number of nitrogens with zero attached hydrogens (tertiary/aromatic N) is 2. The Bertz CT molecular complexity index is 791. The smallest absolute Gasteiger partial charge is 0.203 e. The molecule has 0 aliphatic rings. The zero-order valence-corrected chi connectivity index (χ0v) is 13.7. The summed E-state index contributed by atoms with van der Waals surface area (Å²) in [4.78, 5) is 4.49. The van der Waals surface area contributed by atoms with Crippen LogP contribution in [-0.2, 0) is 13.6 Å². The van der Waals surface area contributed by atoms with E-state index in [9.17, 15) is 0 Å². The van der Waals surface area contributed by atoms with Crippen LogP contribution in [-0.4, -0.2) is 16.7 Å². The predicted octanol–water partition coefficient (Wildman–Crippen LogP) is 4.02. The summed E-state index contributed by atoms with van der Waals surface area (Å²) >= 11 is 0. The van der Waals surface area contributed by atoms with E-state index >= 15 is 0 Å². The number of ether oxygens (including phenoxy) is 1. The summed E-state index contributed by atoms with van der Waals surface area (Å²) in [5.41, 5.74) is 4.70. The van der Waals surface area contributed by atoms with Crippen LogP contribution in [0.3, 0.4) is 0 Å². The van der Waals surface area contributed by atoms with Gasteiger partial charge in [0.2, 0.25) is 5.95 Å². The van der Waals surface area contributed by atoms with Crippen LogP contribution in [0.2, 0.25) is 0 Å². The van der Waals surface area contributed by atoms with Crippen molar-refractivity contribution in [3.05, 3.63) is 65.9 Å². The lowest BCUT2D eigenvalue weighted by atomic mass is 10.1. The molecule has 118 valence electrons. The highest BCUT2D eigenvalue weighted by atomic mass is 16.5. The molecule has 23 heavy (non-hydrogen) atoms. The maximum absolute atomic E-state index is 5.20. The first-order valence-electron chi connectivity index (χ1n) is 7.63. The van der Waals surface area contributed by atoms with E-state index in [1.165, 1.54) is 11.1 Å². The van der Waals surface area contributed by atoms with Gasteiger partial charge in [-0.2, -0.15) is 0 Å². The number of aryl methyl sites for hydroxylation is 1. The van der Waals surface area contributed by atoms with Crippen LogP contribution < -0.4 is 10.1 Å². The largest absolute Gasteiger partial charge is 0.497 e. The Morgan fingerprint density at radius 1 is 1.13 bits per heavy atom. The highest BCUT2D eigenvalue weighted by Gasteiger charge is 2.08. The summed E-state index contributed by atoms with van der Waals surface area (Å²) in [5, 5.41) is 3.40. The van der Waals surface area contributed by atoms with Crippen molar-refractivity contribution in [2.75, 3.05) is 12.4 Å². The predicted molar refractivity (Wildman–Crippen MR) is 93.7 cm³/mol. The Morgan fingerprint density at radius 2 is 1.91 bits per heavy atom. The molecule has 3 rings (SSSR count). The zero-order valence-electron chi connectivity index (χ0n) is 13.7. The standard InChI is InChI=1S/C19H21N3O/c1-14-5-4-6-15(11-14)12-20-19-21-13-18(22(19)2)16-7-9-17(23-3)10-8-16/h4-11,13H,12H2,1-3H3,(H,20,21). The molecule has 0 atom stereocenters.